The summed E-state index contributed by atoms with van der Waals surface area (Å²) in [5.41, 5.74) is 3.32. The molecule has 0 aromatic heterocycles. The van der Waals surface area contributed by atoms with Crippen molar-refractivity contribution in [1.29, 1.82) is 0 Å². The molecule has 0 saturated carbocycles. The van der Waals surface area contributed by atoms with Crippen molar-refractivity contribution in [1.82, 2.24) is 0 Å². The summed E-state index contributed by atoms with van der Waals surface area (Å²) in [6, 6.07) is 20.1. The second kappa shape index (κ2) is 8.57. The molecule has 3 aromatic rings. The molecule has 0 aliphatic carbocycles. The average molecular weight is 441 g/mol. The lowest BCUT2D eigenvalue weighted by Gasteiger charge is -2.19. The van der Waals surface area contributed by atoms with Gasteiger partial charge in [0.25, 0.3) is 0 Å². The van der Waals surface area contributed by atoms with Crippen LogP contribution in [0.4, 0.5) is 0 Å². The van der Waals surface area contributed by atoms with E-state index in [-0.39, 0.29) is 0 Å². The van der Waals surface area contributed by atoms with Crippen molar-refractivity contribution in [3.05, 3.63) is 81.8 Å². The van der Waals surface area contributed by atoms with Crippen LogP contribution in [0.5, 0.6) is 23.0 Å². The number of benzene rings is 3. The molecular weight excluding hydrogens is 420 g/mol. The first-order chi connectivity index (χ1) is 13.7. The Morgan fingerprint density at radius 2 is 1.64 bits per heavy atom. The van der Waals surface area contributed by atoms with Crippen molar-refractivity contribution in [3.8, 4) is 23.0 Å². The Balaban J connectivity index is 1.53. The van der Waals surface area contributed by atoms with Gasteiger partial charge >= 0.3 is 0 Å². The third-order valence-electron chi connectivity index (χ3n) is 4.57. The van der Waals surface area contributed by atoms with Gasteiger partial charge in [-0.1, -0.05) is 36.4 Å². The lowest BCUT2D eigenvalue weighted by Crippen LogP contribution is -2.15. The summed E-state index contributed by atoms with van der Waals surface area (Å²) in [7, 11) is 1.68. The van der Waals surface area contributed by atoms with Gasteiger partial charge in [-0.25, -0.2) is 0 Å². The lowest BCUT2D eigenvalue weighted by atomic mass is 10.0. The van der Waals surface area contributed by atoms with Crippen LogP contribution in [-0.4, -0.2) is 20.3 Å². The molecule has 0 radical (unpaired) electrons. The van der Waals surface area contributed by atoms with E-state index in [1.165, 1.54) is 0 Å². The minimum atomic E-state index is 0.504. The van der Waals surface area contributed by atoms with Crippen molar-refractivity contribution in [2.75, 3.05) is 20.3 Å². The molecule has 1 aliphatic rings. The van der Waals surface area contributed by atoms with Crippen LogP contribution in [0.25, 0.3) is 0 Å². The van der Waals surface area contributed by atoms with Gasteiger partial charge in [0.2, 0.25) is 0 Å². The molecule has 0 saturated heterocycles. The van der Waals surface area contributed by atoms with Crippen LogP contribution < -0.4 is 18.9 Å². The van der Waals surface area contributed by atoms with Gasteiger partial charge in [0, 0.05) is 12.5 Å². The number of methoxy groups -OCH3 is 1. The molecule has 1 aliphatic heterocycles. The average Bonchev–Trinajstić information content (AvgIpc) is 2.74. The fourth-order valence-electron chi connectivity index (χ4n) is 3.17. The predicted molar refractivity (Wildman–Crippen MR) is 112 cm³/mol. The van der Waals surface area contributed by atoms with Gasteiger partial charge < -0.3 is 18.9 Å². The Hall–Kier alpha value is -2.66. The Bertz CT molecular complexity index is 956. The number of ether oxygens (including phenoxy) is 4. The number of fused-ring (bicyclic) bond motifs is 1. The Kier molecular flexibility index (Phi) is 5.72. The van der Waals surface area contributed by atoms with Crippen LogP contribution in [0.1, 0.15) is 16.7 Å². The fraction of sp³-hybridized carbons (Fsp3) is 0.217. The van der Waals surface area contributed by atoms with Crippen LogP contribution >= 0.6 is 15.9 Å². The summed E-state index contributed by atoms with van der Waals surface area (Å²) in [6.45, 7) is 1.68. The highest BCUT2D eigenvalue weighted by molar-refractivity contribution is 9.10. The van der Waals surface area contributed by atoms with Gasteiger partial charge in [-0.05, 0) is 50.8 Å². The zero-order chi connectivity index (χ0) is 19.3. The van der Waals surface area contributed by atoms with Crippen molar-refractivity contribution in [3.63, 3.8) is 0 Å². The van der Waals surface area contributed by atoms with Gasteiger partial charge in [0.05, 0.1) is 11.6 Å². The van der Waals surface area contributed by atoms with E-state index in [0.29, 0.717) is 19.8 Å². The molecule has 0 fully saturated rings. The largest absolute Gasteiger partial charge is 0.496 e. The summed E-state index contributed by atoms with van der Waals surface area (Å²) in [4.78, 5) is 0. The van der Waals surface area contributed by atoms with E-state index in [9.17, 15) is 0 Å². The molecule has 28 heavy (non-hydrogen) atoms. The highest BCUT2D eigenvalue weighted by Gasteiger charge is 2.15. The first-order valence-corrected chi connectivity index (χ1v) is 9.94. The molecular formula is C23H21BrO4. The van der Waals surface area contributed by atoms with Gasteiger partial charge in [-0.3, -0.25) is 0 Å². The third kappa shape index (κ3) is 4.25. The Morgan fingerprint density at radius 3 is 2.43 bits per heavy atom. The number of rotatable bonds is 6. The van der Waals surface area contributed by atoms with E-state index in [2.05, 4.69) is 28.1 Å². The molecule has 1 heterocycles. The maximum absolute atomic E-state index is 5.98. The number of hydrogen-bond acceptors (Lipinski definition) is 4. The zero-order valence-electron chi connectivity index (χ0n) is 15.6. The van der Waals surface area contributed by atoms with Gasteiger partial charge in [0.1, 0.15) is 31.3 Å². The van der Waals surface area contributed by atoms with Crippen LogP contribution in [0, 0.1) is 0 Å². The smallest absolute Gasteiger partial charge is 0.161 e. The van der Waals surface area contributed by atoms with Crippen LogP contribution in [0.15, 0.2) is 65.1 Å². The van der Waals surface area contributed by atoms with E-state index in [1.807, 2.05) is 48.5 Å². The van der Waals surface area contributed by atoms with Crippen molar-refractivity contribution >= 4 is 15.9 Å². The summed E-state index contributed by atoms with van der Waals surface area (Å²) in [6.07, 6.45) is 0.720. The molecule has 0 atom stereocenters. The molecule has 0 amide bonds. The fourth-order valence-corrected chi connectivity index (χ4v) is 3.67. The first kappa shape index (κ1) is 18.7. The van der Waals surface area contributed by atoms with Crippen molar-refractivity contribution < 1.29 is 18.9 Å². The molecule has 4 nitrogen and oxygen atoms in total. The maximum atomic E-state index is 5.98. The maximum Gasteiger partial charge on any atom is 0.161 e. The summed E-state index contributed by atoms with van der Waals surface area (Å²) in [5, 5.41) is 0. The normalized spacial score (nSPS) is 12.5. The second-order valence-corrected chi connectivity index (χ2v) is 7.38. The standard InChI is InChI=1S/C23H21BrO4/c1-25-21-14-22(28-15-16-5-3-2-4-6-16)19(24)13-18(21)11-17-7-8-20-23(12-17)27-10-9-26-20/h2-8,12-14H,9-11,15H2,1H3. The topological polar surface area (TPSA) is 36.9 Å². The minimum absolute atomic E-state index is 0.504. The SMILES string of the molecule is COc1cc(OCc2ccccc2)c(Br)cc1Cc1ccc2c(c1)OCCO2. The Morgan fingerprint density at radius 1 is 0.857 bits per heavy atom. The number of halogens is 1. The minimum Gasteiger partial charge on any atom is -0.496 e. The van der Waals surface area contributed by atoms with Crippen molar-refractivity contribution in [2.24, 2.45) is 0 Å². The quantitative estimate of drug-likeness (QED) is 0.514. The molecule has 5 heteroatoms. The van der Waals surface area contributed by atoms with Gasteiger partial charge in [-0.15, -0.1) is 0 Å². The van der Waals surface area contributed by atoms with E-state index >= 15 is 0 Å². The molecule has 3 aromatic carbocycles. The first-order valence-electron chi connectivity index (χ1n) is 9.14. The highest BCUT2D eigenvalue weighted by Crippen LogP contribution is 2.36. The summed E-state index contributed by atoms with van der Waals surface area (Å²) in [5.74, 6) is 3.14. The van der Waals surface area contributed by atoms with Gasteiger partial charge in [0.15, 0.2) is 11.5 Å². The lowest BCUT2D eigenvalue weighted by molar-refractivity contribution is 0.171. The molecule has 0 unspecified atom stereocenters. The molecule has 0 bridgehead atoms. The molecule has 144 valence electrons. The zero-order valence-corrected chi connectivity index (χ0v) is 17.2. The Labute approximate surface area is 173 Å². The van der Waals surface area contributed by atoms with Crippen molar-refractivity contribution in [2.45, 2.75) is 13.0 Å². The summed E-state index contributed by atoms with van der Waals surface area (Å²) < 4.78 is 23.8. The molecule has 0 N–H and O–H groups in total. The van der Waals surface area contributed by atoms with E-state index in [0.717, 1.165) is 50.6 Å². The summed E-state index contributed by atoms with van der Waals surface area (Å²) >= 11 is 3.63. The van der Waals surface area contributed by atoms with Gasteiger partial charge in [-0.2, -0.15) is 0 Å². The van der Waals surface area contributed by atoms with Crippen LogP contribution in [-0.2, 0) is 13.0 Å². The second-order valence-electron chi connectivity index (χ2n) is 6.52. The molecule has 4 rings (SSSR count). The van der Waals surface area contributed by atoms with E-state index < -0.39 is 0 Å². The predicted octanol–water partition coefficient (Wildman–Crippen LogP) is 5.40. The molecule has 0 spiro atoms. The van der Waals surface area contributed by atoms with E-state index in [4.69, 9.17) is 18.9 Å². The monoisotopic (exact) mass is 440 g/mol. The third-order valence-corrected chi connectivity index (χ3v) is 5.19. The number of hydrogen-bond donors (Lipinski definition) is 0. The van der Waals surface area contributed by atoms with Crippen LogP contribution in [0.2, 0.25) is 0 Å². The highest BCUT2D eigenvalue weighted by atomic mass is 79.9. The van der Waals surface area contributed by atoms with Crippen LogP contribution in [0.3, 0.4) is 0 Å². The van der Waals surface area contributed by atoms with E-state index in [1.54, 1.807) is 7.11 Å².